The van der Waals surface area contributed by atoms with Gasteiger partial charge in [0.05, 0.1) is 7.11 Å². The molecule has 2 amide bonds. The highest BCUT2D eigenvalue weighted by Crippen LogP contribution is 2.27. The molecule has 1 N–H and O–H groups in total. The minimum Gasteiger partial charge on any atom is -0.453 e. The van der Waals surface area contributed by atoms with Gasteiger partial charge >= 0.3 is 6.09 Å². The first-order chi connectivity index (χ1) is 14.8. The summed E-state index contributed by atoms with van der Waals surface area (Å²) >= 11 is 0. The molecular weight excluding hydrogens is 402 g/mol. The number of allylic oxidation sites excluding steroid dienone is 2. The van der Waals surface area contributed by atoms with Crippen LogP contribution in [-0.2, 0) is 4.74 Å². The van der Waals surface area contributed by atoms with Gasteiger partial charge in [-0.15, -0.1) is 0 Å². The van der Waals surface area contributed by atoms with Crippen molar-refractivity contribution in [3.63, 3.8) is 0 Å². The van der Waals surface area contributed by atoms with E-state index in [1.807, 2.05) is 19.1 Å². The Kier molecular flexibility index (Phi) is 8.49. The molecule has 0 radical (unpaired) electrons. The summed E-state index contributed by atoms with van der Waals surface area (Å²) in [5.41, 5.74) is 2.75. The van der Waals surface area contributed by atoms with E-state index in [0.29, 0.717) is 18.7 Å². The molecule has 31 heavy (non-hydrogen) atoms. The van der Waals surface area contributed by atoms with E-state index in [9.17, 15) is 18.4 Å². The summed E-state index contributed by atoms with van der Waals surface area (Å²) in [4.78, 5) is 25.3. The summed E-state index contributed by atoms with van der Waals surface area (Å²) in [6.45, 7) is 6.37. The van der Waals surface area contributed by atoms with E-state index in [4.69, 9.17) is 4.74 Å². The molecule has 0 aliphatic carbocycles. The SMILES string of the molecule is C=C/C(CCN(C)C(=O)OC)=C(/CC)c1ccc(NC(=O)c2c(F)cccc2F)cc1. The van der Waals surface area contributed by atoms with Crippen molar-refractivity contribution in [1.29, 1.82) is 0 Å². The predicted molar refractivity (Wildman–Crippen MR) is 118 cm³/mol. The van der Waals surface area contributed by atoms with Crippen LogP contribution in [0.1, 0.15) is 35.7 Å². The van der Waals surface area contributed by atoms with E-state index in [1.165, 1.54) is 18.1 Å². The van der Waals surface area contributed by atoms with E-state index in [1.54, 1.807) is 25.3 Å². The first-order valence-electron chi connectivity index (χ1n) is 9.81. The van der Waals surface area contributed by atoms with Gasteiger partial charge in [0.25, 0.3) is 5.91 Å². The largest absolute Gasteiger partial charge is 0.453 e. The second-order valence-electron chi connectivity index (χ2n) is 6.83. The van der Waals surface area contributed by atoms with E-state index in [-0.39, 0.29) is 0 Å². The Labute approximate surface area is 181 Å². The van der Waals surface area contributed by atoms with Gasteiger partial charge in [0.15, 0.2) is 0 Å². The van der Waals surface area contributed by atoms with Gasteiger partial charge in [-0.1, -0.05) is 37.8 Å². The fourth-order valence-corrected chi connectivity index (χ4v) is 3.19. The molecule has 2 aromatic carbocycles. The van der Waals surface area contributed by atoms with Crippen molar-refractivity contribution in [2.24, 2.45) is 0 Å². The van der Waals surface area contributed by atoms with Crippen molar-refractivity contribution >= 4 is 23.3 Å². The first-order valence-corrected chi connectivity index (χ1v) is 9.81. The maximum absolute atomic E-state index is 13.8. The lowest BCUT2D eigenvalue weighted by atomic mass is 9.95. The third-order valence-electron chi connectivity index (χ3n) is 4.87. The zero-order valence-corrected chi connectivity index (χ0v) is 17.9. The molecular formula is C24H26F2N2O3. The van der Waals surface area contributed by atoms with Crippen molar-refractivity contribution in [1.82, 2.24) is 4.90 Å². The molecule has 2 aromatic rings. The number of methoxy groups -OCH3 is 1. The Morgan fingerprint density at radius 1 is 1.13 bits per heavy atom. The zero-order chi connectivity index (χ0) is 23.0. The van der Waals surface area contributed by atoms with Crippen LogP contribution in [0, 0.1) is 11.6 Å². The summed E-state index contributed by atoms with van der Waals surface area (Å²) in [5.74, 6) is -2.69. The molecule has 0 aromatic heterocycles. The van der Waals surface area contributed by atoms with Crippen molar-refractivity contribution in [2.45, 2.75) is 19.8 Å². The molecule has 0 fully saturated rings. The van der Waals surface area contributed by atoms with Gasteiger partial charge in [0.1, 0.15) is 17.2 Å². The second kappa shape index (κ2) is 11.1. The highest BCUT2D eigenvalue weighted by atomic mass is 19.1. The van der Waals surface area contributed by atoms with Crippen LogP contribution in [0.2, 0.25) is 0 Å². The standard InChI is InChI=1S/C24H26F2N2O3/c1-5-16(14-15-28(3)24(30)31-4)19(6-2)17-10-12-18(13-11-17)27-23(29)22-20(25)8-7-9-21(22)26/h5,7-13H,1,6,14-15H2,2-4H3,(H,27,29)/b19-16+. The van der Waals surface area contributed by atoms with Crippen LogP contribution in [0.15, 0.2) is 60.7 Å². The van der Waals surface area contributed by atoms with E-state index < -0.39 is 29.2 Å². The molecule has 0 unspecified atom stereocenters. The van der Waals surface area contributed by atoms with Crippen molar-refractivity contribution < 1.29 is 23.1 Å². The van der Waals surface area contributed by atoms with Crippen molar-refractivity contribution in [3.05, 3.63) is 83.5 Å². The van der Waals surface area contributed by atoms with Gasteiger partial charge in [-0.2, -0.15) is 0 Å². The Morgan fingerprint density at radius 3 is 2.26 bits per heavy atom. The van der Waals surface area contributed by atoms with Crippen molar-refractivity contribution in [2.75, 3.05) is 26.0 Å². The minimum absolute atomic E-state index is 0.409. The molecule has 0 aliphatic rings. The van der Waals surface area contributed by atoms with Gasteiger partial charge in [-0.05, 0) is 53.8 Å². The average Bonchev–Trinajstić information content (AvgIpc) is 2.76. The smallest absolute Gasteiger partial charge is 0.409 e. The quantitative estimate of drug-likeness (QED) is 0.553. The van der Waals surface area contributed by atoms with Crippen molar-refractivity contribution in [3.8, 4) is 0 Å². The molecule has 0 bridgehead atoms. The number of amides is 2. The Hall–Kier alpha value is -3.48. The fourth-order valence-electron chi connectivity index (χ4n) is 3.19. The summed E-state index contributed by atoms with van der Waals surface area (Å²) in [5, 5.41) is 2.51. The summed E-state index contributed by atoms with van der Waals surface area (Å²) in [7, 11) is 3.00. The Bertz CT molecular complexity index is 965. The topological polar surface area (TPSA) is 58.6 Å². The van der Waals surface area contributed by atoms with Crippen LogP contribution in [0.4, 0.5) is 19.3 Å². The molecule has 5 nitrogen and oxygen atoms in total. The number of halogens is 2. The molecule has 7 heteroatoms. The Morgan fingerprint density at radius 2 is 1.74 bits per heavy atom. The molecule has 0 atom stereocenters. The number of hydrogen-bond acceptors (Lipinski definition) is 3. The maximum Gasteiger partial charge on any atom is 0.409 e. The number of anilines is 1. The van der Waals surface area contributed by atoms with E-state index in [0.717, 1.165) is 35.3 Å². The van der Waals surface area contributed by atoms with E-state index >= 15 is 0 Å². The number of benzene rings is 2. The third kappa shape index (κ3) is 6.01. The van der Waals surface area contributed by atoms with Crippen LogP contribution >= 0.6 is 0 Å². The number of nitrogens with one attached hydrogen (secondary N) is 1. The van der Waals surface area contributed by atoms with Crippen LogP contribution in [0.25, 0.3) is 5.57 Å². The lowest BCUT2D eigenvalue weighted by Crippen LogP contribution is -2.27. The lowest BCUT2D eigenvalue weighted by Gasteiger charge is -2.18. The highest BCUT2D eigenvalue weighted by Gasteiger charge is 2.17. The minimum atomic E-state index is -0.919. The normalized spacial score (nSPS) is 11.4. The number of carbonyl (C=O) groups is 2. The number of nitrogens with zero attached hydrogens (tertiary/aromatic N) is 1. The molecule has 0 heterocycles. The fraction of sp³-hybridized carbons (Fsp3) is 0.250. The van der Waals surface area contributed by atoms with Crippen LogP contribution in [-0.4, -0.2) is 37.6 Å². The molecule has 0 saturated carbocycles. The second-order valence-corrected chi connectivity index (χ2v) is 6.83. The Balaban J connectivity index is 2.19. The molecule has 0 saturated heterocycles. The van der Waals surface area contributed by atoms with Crippen LogP contribution in [0.3, 0.4) is 0 Å². The first kappa shape index (κ1) is 23.8. The van der Waals surface area contributed by atoms with Gasteiger partial charge in [-0.3, -0.25) is 4.79 Å². The van der Waals surface area contributed by atoms with E-state index in [2.05, 4.69) is 11.9 Å². The maximum atomic E-state index is 13.8. The lowest BCUT2D eigenvalue weighted by molar-refractivity contribution is 0.101. The monoisotopic (exact) mass is 428 g/mol. The van der Waals surface area contributed by atoms with Gasteiger partial charge in [0, 0.05) is 19.3 Å². The van der Waals surface area contributed by atoms with Gasteiger partial charge in [-0.25, -0.2) is 13.6 Å². The predicted octanol–water partition coefficient (Wildman–Crippen LogP) is 5.66. The average molecular weight is 428 g/mol. The van der Waals surface area contributed by atoms with Crippen LogP contribution < -0.4 is 5.32 Å². The third-order valence-corrected chi connectivity index (χ3v) is 4.87. The molecule has 164 valence electrons. The van der Waals surface area contributed by atoms with Gasteiger partial charge in [0.2, 0.25) is 0 Å². The highest BCUT2D eigenvalue weighted by molar-refractivity contribution is 6.04. The summed E-state index contributed by atoms with van der Waals surface area (Å²) in [6.07, 6.45) is 2.69. The van der Waals surface area contributed by atoms with Crippen LogP contribution in [0.5, 0.6) is 0 Å². The molecule has 0 aliphatic heterocycles. The summed E-state index contributed by atoms with van der Waals surface area (Å²) in [6, 6.07) is 10.3. The summed E-state index contributed by atoms with van der Waals surface area (Å²) < 4.78 is 32.3. The molecule has 0 spiro atoms. The number of carbonyl (C=O) groups excluding carboxylic acids is 2. The zero-order valence-electron chi connectivity index (χ0n) is 17.9. The van der Waals surface area contributed by atoms with Gasteiger partial charge < -0.3 is 15.0 Å². The number of rotatable bonds is 8. The number of ether oxygens (including phenoxy) is 1. The number of hydrogen-bond donors (Lipinski definition) is 1. The molecule has 2 rings (SSSR count).